The van der Waals surface area contributed by atoms with Gasteiger partial charge in [0.15, 0.2) is 0 Å². The Kier molecular flexibility index (Phi) is 2.35. The van der Waals surface area contributed by atoms with Crippen molar-refractivity contribution in [2.75, 3.05) is 0 Å². The monoisotopic (exact) mass is 194 g/mol. The predicted molar refractivity (Wildman–Crippen MR) is 55.0 cm³/mol. The van der Waals surface area contributed by atoms with Crippen molar-refractivity contribution in [3.8, 4) is 0 Å². The van der Waals surface area contributed by atoms with E-state index in [9.17, 15) is 5.11 Å². The van der Waals surface area contributed by atoms with Gasteiger partial charge in [-0.3, -0.25) is 4.68 Å². The molecule has 0 bridgehead atoms. The van der Waals surface area contributed by atoms with E-state index in [0.29, 0.717) is 0 Å². The minimum absolute atomic E-state index is 0.189. The van der Waals surface area contributed by atoms with E-state index < -0.39 is 0 Å². The van der Waals surface area contributed by atoms with Crippen molar-refractivity contribution < 1.29 is 5.11 Å². The highest BCUT2D eigenvalue weighted by atomic mass is 16.3. The molecule has 0 radical (unpaired) electrons. The first kappa shape index (κ1) is 9.71. The normalized spacial score (nSPS) is 20.8. The number of aromatic nitrogens is 2. The molecule has 2 rings (SSSR count). The van der Waals surface area contributed by atoms with Crippen molar-refractivity contribution in [1.82, 2.24) is 9.78 Å². The lowest BCUT2D eigenvalue weighted by Gasteiger charge is -2.15. The molecule has 78 valence electrons. The van der Waals surface area contributed by atoms with Crippen molar-refractivity contribution in [2.45, 2.75) is 45.8 Å². The van der Waals surface area contributed by atoms with E-state index in [4.69, 9.17) is 0 Å². The molecule has 1 unspecified atom stereocenters. The van der Waals surface area contributed by atoms with Gasteiger partial charge in [-0.15, -0.1) is 0 Å². The first-order valence-corrected chi connectivity index (χ1v) is 5.33. The van der Waals surface area contributed by atoms with Crippen LogP contribution in [0.15, 0.2) is 12.4 Å². The highest BCUT2D eigenvalue weighted by Crippen LogP contribution is 2.48. The van der Waals surface area contributed by atoms with Crippen LogP contribution in [-0.2, 0) is 13.0 Å². The van der Waals surface area contributed by atoms with Crippen LogP contribution in [-0.4, -0.2) is 21.0 Å². The Morgan fingerprint density at radius 1 is 1.64 bits per heavy atom. The highest BCUT2D eigenvalue weighted by Gasteiger charge is 2.43. The Morgan fingerprint density at radius 2 is 2.36 bits per heavy atom. The van der Waals surface area contributed by atoms with E-state index in [-0.39, 0.29) is 11.5 Å². The fourth-order valence-electron chi connectivity index (χ4n) is 1.68. The smallest absolute Gasteiger partial charge is 0.0635 e. The van der Waals surface area contributed by atoms with Gasteiger partial charge in [-0.05, 0) is 30.7 Å². The second kappa shape index (κ2) is 3.39. The number of aliphatic hydroxyl groups is 1. The highest BCUT2D eigenvalue weighted by molar-refractivity contribution is 5.09. The van der Waals surface area contributed by atoms with Gasteiger partial charge in [-0.1, -0.05) is 6.92 Å². The third kappa shape index (κ3) is 1.82. The second-order valence-electron chi connectivity index (χ2n) is 4.58. The summed E-state index contributed by atoms with van der Waals surface area (Å²) < 4.78 is 1.90. The summed E-state index contributed by atoms with van der Waals surface area (Å²) in [5.74, 6) is 0. The van der Waals surface area contributed by atoms with Crippen LogP contribution in [0.5, 0.6) is 0 Å². The molecule has 1 saturated carbocycles. The minimum Gasteiger partial charge on any atom is -0.392 e. The van der Waals surface area contributed by atoms with Gasteiger partial charge in [0.25, 0.3) is 0 Å². The van der Waals surface area contributed by atoms with Crippen LogP contribution in [0, 0.1) is 5.41 Å². The number of aliphatic hydroxyl groups excluding tert-OH is 1. The summed E-state index contributed by atoms with van der Waals surface area (Å²) in [5.41, 5.74) is 1.33. The molecular formula is C11H18N2O. The number of hydrogen-bond donors (Lipinski definition) is 1. The average molecular weight is 194 g/mol. The molecule has 0 saturated heterocycles. The summed E-state index contributed by atoms with van der Waals surface area (Å²) in [6, 6.07) is 0. The molecule has 3 heteroatoms. The van der Waals surface area contributed by atoms with Crippen LogP contribution in [0.3, 0.4) is 0 Å². The fourth-order valence-corrected chi connectivity index (χ4v) is 1.68. The van der Waals surface area contributed by atoms with E-state index in [1.165, 1.54) is 0 Å². The molecule has 1 aromatic rings. The molecule has 1 aliphatic carbocycles. The molecule has 1 fully saturated rings. The summed E-state index contributed by atoms with van der Waals surface area (Å²) in [4.78, 5) is 0. The lowest BCUT2D eigenvalue weighted by atomic mass is 9.97. The third-order valence-electron chi connectivity index (χ3n) is 3.28. The standard InChI is InChI=1S/C11H18N2O/c1-3-13-8-9(7-12-13)6-10(14)11(2)4-5-11/h7-8,10,14H,3-6H2,1-2H3. The maximum absolute atomic E-state index is 9.95. The van der Waals surface area contributed by atoms with Crippen molar-refractivity contribution in [1.29, 1.82) is 0 Å². The van der Waals surface area contributed by atoms with Gasteiger partial charge in [0.1, 0.15) is 0 Å². The predicted octanol–water partition coefficient (Wildman–Crippen LogP) is 1.61. The van der Waals surface area contributed by atoms with E-state index in [1.807, 2.05) is 17.1 Å². The Bertz CT molecular complexity index is 315. The summed E-state index contributed by atoms with van der Waals surface area (Å²) in [6.45, 7) is 5.12. The zero-order valence-corrected chi connectivity index (χ0v) is 8.90. The second-order valence-corrected chi connectivity index (χ2v) is 4.58. The molecule has 1 atom stereocenters. The summed E-state index contributed by atoms with van der Waals surface area (Å²) >= 11 is 0. The molecular weight excluding hydrogens is 176 g/mol. The van der Waals surface area contributed by atoms with Crippen LogP contribution in [0.2, 0.25) is 0 Å². The lowest BCUT2D eigenvalue weighted by molar-refractivity contribution is 0.103. The van der Waals surface area contributed by atoms with Crippen molar-refractivity contribution >= 4 is 0 Å². The van der Waals surface area contributed by atoms with Gasteiger partial charge >= 0.3 is 0 Å². The topological polar surface area (TPSA) is 38.0 Å². The first-order chi connectivity index (χ1) is 6.64. The Morgan fingerprint density at radius 3 is 2.86 bits per heavy atom. The molecule has 0 aromatic carbocycles. The molecule has 1 heterocycles. The van der Waals surface area contributed by atoms with Crippen LogP contribution in [0.1, 0.15) is 32.3 Å². The molecule has 1 aromatic heterocycles. The number of nitrogens with zero attached hydrogens (tertiary/aromatic N) is 2. The first-order valence-electron chi connectivity index (χ1n) is 5.33. The van der Waals surface area contributed by atoms with E-state index in [2.05, 4.69) is 18.9 Å². The third-order valence-corrected chi connectivity index (χ3v) is 3.28. The molecule has 1 N–H and O–H groups in total. The van der Waals surface area contributed by atoms with Crippen LogP contribution in [0.25, 0.3) is 0 Å². The summed E-state index contributed by atoms with van der Waals surface area (Å²) in [7, 11) is 0. The van der Waals surface area contributed by atoms with E-state index >= 15 is 0 Å². The van der Waals surface area contributed by atoms with Gasteiger partial charge in [0.2, 0.25) is 0 Å². The van der Waals surface area contributed by atoms with Gasteiger partial charge in [-0.25, -0.2) is 0 Å². The van der Waals surface area contributed by atoms with Crippen LogP contribution < -0.4 is 0 Å². The lowest BCUT2D eigenvalue weighted by Crippen LogP contribution is -2.21. The molecule has 14 heavy (non-hydrogen) atoms. The van der Waals surface area contributed by atoms with Gasteiger partial charge in [0.05, 0.1) is 12.3 Å². The van der Waals surface area contributed by atoms with Gasteiger partial charge in [0, 0.05) is 19.2 Å². The van der Waals surface area contributed by atoms with E-state index in [0.717, 1.165) is 31.4 Å². The maximum Gasteiger partial charge on any atom is 0.0635 e. The van der Waals surface area contributed by atoms with Gasteiger partial charge in [-0.2, -0.15) is 5.10 Å². The van der Waals surface area contributed by atoms with Crippen molar-refractivity contribution in [3.05, 3.63) is 18.0 Å². The molecule has 0 aliphatic heterocycles. The van der Waals surface area contributed by atoms with Crippen molar-refractivity contribution in [2.24, 2.45) is 5.41 Å². The maximum atomic E-state index is 9.95. The summed E-state index contributed by atoms with van der Waals surface area (Å²) in [6.07, 6.45) is 6.76. The largest absolute Gasteiger partial charge is 0.392 e. The van der Waals surface area contributed by atoms with Crippen molar-refractivity contribution in [3.63, 3.8) is 0 Å². The number of hydrogen-bond acceptors (Lipinski definition) is 2. The Balaban J connectivity index is 1.96. The zero-order valence-electron chi connectivity index (χ0n) is 8.90. The minimum atomic E-state index is -0.197. The Labute approximate surface area is 84.7 Å². The molecule has 0 amide bonds. The quantitative estimate of drug-likeness (QED) is 0.790. The van der Waals surface area contributed by atoms with Gasteiger partial charge < -0.3 is 5.11 Å². The SMILES string of the molecule is CCn1cc(CC(O)C2(C)CC2)cn1. The zero-order chi connectivity index (χ0) is 10.2. The molecule has 1 aliphatic rings. The average Bonchev–Trinajstić information content (AvgIpc) is 2.77. The molecule has 3 nitrogen and oxygen atoms in total. The molecule has 0 spiro atoms. The number of rotatable bonds is 4. The van der Waals surface area contributed by atoms with E-state index in [1.54, 1.807) is 0 Å². The number of aryl methyl sites for hydroxylation is 1. The summed E-state index contributed by atoms with van der Waals surface area (Å²) in [5, 5.41) is 14.1. The fraction of sp³-hybridized carbons (Fsp3) is 0.727. The van der Waals surface area contributed by atoms with Crippen LogP contribution in [0.4, 0.5) is 0 Å². The van der Waals surface area contributed by atoms with Crippen LogP contribution >= 0.6 is 0 Å². The Hall–Kier alpha value is -0.830.